The number of nitrogens with two attached hydrogens (primary N) is 2. The molecular formula is C18H21BrN6O3S. The number of halogens is 1. The molecule has 0 amide bonds. The molecule has 3 aromatic rings. The molecule has 11 heteroatoms. The van der Waals surface area contributed by atoms with Crippen molar-refractivity contribution in [2.75, 3.05) is 20.0 Å². The van der Waals surface area contributed by atoms with Gasteiger partial charge in [-0.2, -0.15) is 0 Å². The monoisotopic (exact) mass is 480 g/mol. The van der Waals surface area contributed by atoms with Gasteiger partial charge in [-0.15, -0.1) is 0 Å². The lowest BCUT2D eigenvalue weighted by Gasteiger charge is -2.22. The molecule has 3 rings (SSSR count). The van der Waals surface area contributed by atoms with Crippen LogP contribution in [0.1, 0.15) is 13.3 Å². The predicted molar refractivity (Wildman–Crippen MR) is 114 cm³/mol. The summed E-state index contributed by atoms with van der Waals surface area (Å²) in [7, 11) is 2.92. The number of rotatable bonds is 7. The van der Waals surface area contributed by atoms with Gasteiger partial charge in [0.25, 0.3) is 0 Å². The minimum absolute atomic E-state index is 0.281. The number of imidazole rings is 1. The predicted octanol–water partition coefficient (Wildman–Crippen LogP) is 2.61. The summed E-state index contributed by atoms with van der Waals surface area (Å²) in [5.41, 5.74) is 12.0. The highest BCUT2D eigenvalue weighted by atomic mass is 79.9. The molecule has 9 nitrogen and oxygen atoms in total. The van der Waals surface area contributed by atoms with Crippen molar-refractivity contribution in [2.24, 2.45) is 5.73 Å². The Labute approximate surface area is 180 Å². The van der Waals surface area contributed by atoms with Gasteiger partial charge in [-0.25, -0.2) is 15.0 Å². The van der Waals surface area contributed by atoms with Crippen LogP contribution in [0.3, 0.4) is 0 Å². The second-order valence-electron chi connectivity index (χ2n) is 6.53. The maximum Gasteiger partial charge on any atom is 0.325 e. The van der Waals surface area contributed by atoms with Crippen LogP contribution in [-0.4, -0.2) is 45.2 Å². The molecule has 0 saturated carbocycles. The highest BCUT2D eigenvalue weighted by Gasteiger charge is 2.30. The highest BCUT2D eigenvalue weighted by Crippen LogP contribution is 2.37. The Hall–Kier alpha value is -2.37. The Morgan fingerprint density at radius 1 is 1.34 bits per heavy atom. The van der Waals surface area contributed by atoms with Crippen molar-refractivity contribution in [3.05, 3.63) is 29.0 Å². The Bertz CT molecular complexity index is 1060. The number of hydrogen-bond acceptors (Lipinski definition) is 9. The summed E-state index contributed by atoms with van der Waals surface area (Å²) in [5.74, 6) is 0.516. The van der Waals surface area contributed by atoms with E-state index in [0.717, 1.165) is 15.1 Å². The highest BCUT2D eigenvalue weighted by molar-refractivity contribution is 9.10. The van der Waals surface area contributed by atoms with Crippen molar-refractivity contribution in [2.45, 2.75) is 35.5 Å². The van der Waals surface area contributed by atoms with E-state index in [2.05, 4.69) is 30.9 Å². The molecule has 2 heterocycles. The Morgan fingerprint density at radius 3 is 2.79 bits per heavy atom. The first-order valence-electron chi connectivity index (χ1n) is 8.62. The van der Waals surface area contributed by atoms with Gasteiger partial charge in [-0.05, 0) is 47.5 Å². The lowest BCUT2D eigenvalue weighted by Crippen LogP contribution is -2.46. The number of fused-ring (bicyclic) bond motifs is 1. The Kier molecular flexibility index (Phi) is 6.30. The zero-order chi connectivity index (χ0) is 21.2. The molecule has 154 valence electrons. The Morgan fingerprint density at radius 2 is 2.10 bits per heavy atom. The lowest BCUT2D eigenvalue weighted by molar-refractivity contribution is -0.146. The summed E-state index contributed by atoms with van der Waals surface area (Å²) in [6, 6.07) is 5.66. The minimum Gasteiger partial charge on any atom is -0.497 e. The number of ether oxygens (including phenoxy) is 2. The number of nitrogens with zero attached hydrogens (tertiary/aromatic N) is 4. The largest absolute Gasteiger partial charge is 0.497 e. The summed E-state index contributed by atoms with van der Waals surface area (Å²) in [6.07, 6.45) is 1.70. The van der Waals surface area contributed by atoms with Gasteiger partial charge in [0.1, 0.15) is 17.6 Å². The fraction of sp³-hybridized carbons (Fsp3) is 0.333. The molecule has 1 unspecified atom stereocenters. The summed E-state index contributed by atoms with van der Waals surface area (Å²) < 4.78 is 12.9. The van der Waals surface area contributed by atoms with Crippen LogP contribution < -0.4 is 16.2 Å². The van der Waals surface area contributed by atoms with Gasteiger partial charge < -0.3 is 25.5 Å². The van der Waals surface area contributed by atoms with Gasteiger partial charge in [0.15, 0.2) is 22.1 Å². The number of anilines is 1. The second-order valence-corrected chi connectivity index (χ2v) is 8.40. The molecule has 2 aromatic heterocycles. The molecule has 1 aromatic carbocycles. The first kappa shape index (κ1) is 21.3. The zero-order valence-electron chi connectivity index (χ0n) is 16.2. The van der Waals surface area contributed by atoms with Gasteiger partial charge in [0.2, 0.25) is 0 Å². The van der Waals surface area contributed by atoms with Gasteiger partial charge in [-0.1, -0.05) is 11.8 Å². The van der Waals surface area contributed by atoms with E-state index in [1.165, 1.54) is 25.2 Å². The molecule has 0 fully saturated rings. The van der Waals surface area contributed by atoms with E-state index in [-0.39, 0.29) is 5.82 Å². The molecule has 0 aliphatic heterocycles. The fourth-order valence-electron chi connectivity index (χ4n) is 2.68. The van der Waals surface area contributed by atoms with Crippen molar-refractivity contribution in [3.63, 3.8) is 0 Å². The zero-order valence-corrected chi connectivity index (χ0v) is 18.6. The average molecular weight is 481 g/mol. The topological polar surface area (TPSA) is 131 Å². The SMILES string of the molecule is COC(=O)C(C)(N)CCn1c(Sc2cc(OC)ccc2Br)nc2c(N)ncnc21. The summed E-state index contributed by atoms with van der Waals surface area (Å²) in [4.78, 5) is 25.8. The van der Waals surface area contributed by atoms with E-state index in [1.54, 1.807) is 14.0 Å². The smallest absolute Gasteiger partial charge is 0.325 e. The van der Waals surface area contributed by atoms with Crippen molar-refractivity contribution >= 4 is 50.6 Å². The molecular weight excluding hydrogens is 460 g/mol. The molecule has 0 aliphatic carbocycles. The molecule has 0 saturated heterocycles. The Balaban J connectivity index is 2.02. The maximum absolute atomic E-state index is 12.0. The van der Waals surface area contributed by atoms with Crippen molar-refractivity contribution in [1.29, 1.82) is 0 Å². The quantitative estimate of drug-likeness (QED) is 0.489. The van der Waals surface area contributed by atoms with Crippen LogP contribution >= 0.6 is 27.7 Å². The van der Waals surface area contributed by atoms with Crippen LogP contribution in [0, 0.1) is 0 Å². The number of carbonyl (C=O) groups is 1. The number of carbonyl (C=O) groups excluding carboxylic acids is 1. The number of aryl methyl sites for hydroxylation is 1. The van der Waals surface area contributed by atoms with Crippen LogP contribution in [0.25, 0.3) is 11.2 Å². The van der Waals surface area contributed by atoms with Gasteiger partial charge in [0.05, 0.1) is 14.2 Å². The van der Waals surface area contributed by atoms with E-state index in [0.29, 0.717) is 29.3 Å². The third kappa shape index (κ3) is 4.46. The first-order valence-corrected chi connectivity index (χ1v) is 10.2. The summed E-state index contributed by atoms with van der Waals surface area (Å²) >= 11 is 4.97. The minimum atomic E-state index is -1.15. The van der Waals surface area contributed by atoms with Crippen molar-refractivity contribution in [1.82, 2.24) is 19.5 Å². The molecule has 29 heavy (non-hydrogen) atoms. The maximum atomic E-state index is 12.0. The van der Waals surface area contributed by atoms with Crippen LogP contribution in [-0.2, 0) is 16.1 Å². The van der Waals surface area contributed by atoms with E-state index in [1.807, 2.05) is 22.8 Å². The van der Waals surface area contributed by atoms with Crippen LogP contribution in [0.15, 0.2) is 39.1 Å². The number of esters is 1. The van der Waals surface area contributed by atoms with E-state index >= 15 is 0 Å². The van der Waals surface area contributed by atoms with Crippen molar-refractivity contribution < 1.29 is 14.3 Å². The molecule has 0 spiro atoms. The molecule has 0 aliphatic rings. The van der Waals surface area contributed by atoms with Crippen LogP contribution in [0.5, 0.6) is 5.75 Å². The number of hydrogen-bond donors (Lipinski definition) is 2. The summed E-state index contributed by atoms with van der Waals surface area (Å²) in [5, 5.41) is 0.641. The first-order chi connectivity index (χ1) is 13.8. The molecule has 0 radical (unpaired) electrons. The van der Waals surface area contributed by atoms with Gasteiger partial charge in [-0.3, -0.25) is 4.79 Å². The molecule has 0 bridgehead atoms. The van der Waals surface area contributed by atoms with Gasteiger partial charge in [0, 0.05) is 15.9 Å². The normalized spacial score (nSPS) is 13.3. The fourth-order valence-corrected chi connectivity index (χ4v) is 4.13. The number of nitrogen functional groups attached to an aromatic ring is 1. The third-order valence-corrected chi connectivity index (χ3v) is 6.38. The number of aromatic nitrogens is 4. The molecule has 1 atom stereocenters. The van der Waals surface area contributed by atoms with Crippen molar-refractivity contribution in [3.8, 4) is 5.75 Å². The third-order valence-electron chi connectivity index (χ3n) is 4.37. The standard InChI is InChI=1S/C18H21BrN6O3S/c1-18(21,16(26)28-3)6-7-25-15-13(14(20)22-9-23-15)24-17(25)29-12-8-10(27-2)4-5-11(12)19/h4-5,8-9H,6-7,21H2,1-3H3,(H2,20,22,23). The van der Waals surface area contributed by atoms with Gasteiger partial charge >= 0.3 is 5.97 Å². The molecule has 4 N–H and O–H groups in total. The average Bonchev–Trinajstić information content (AvgIpc) is 3.06. The summed E-state index contributed by atoms with van der Waals surface area (Å²) in [6.45, 7) is 2.02. The van der Waals surface area contributed by atoms with E-state index in [9.17, 15) is 4.79 Å². The second kappa shape index (κ2) is 8.56. The van der Waals surface area contributed by atoms with Crippen LogP contribution in [0.4, 0.5) is 5.82 Å². The van der Waals surface area contributed by atoms with E-state index < -0.39 is 11.5 Å². The number of benzene rings is 1. The lowest BCUT2D eigenvalue weighted by atomic mass is 10.00. The van der Waals surface area contributed by atoms with Crippen LogP contribution in [0.2, 0.25) is 0 Å². The van der Waals surface area contributed by atoms with E-state index in [4.69, 9.17) is 20.9 Å². The number of methoxy groups -OCH3 is 2.